The van der Waals surface area contributed by atoms with Gasteiger partial charge in [-0.3, -0.25) is 9.78 Å². The fourth-order valence-corrected chi connectivity index (χ4v) is 3.77. The Morgan fingerprint density at radius 1 is 1.21 bits per heavy atom. The number of fused-ring (bicyclic) bond motifs is 1. The van der Waals surface area contributed by atoms with E-state index in [-0.39, 0.29) is 11.9 Å². The van der Waals surface area contributed by atoms with Crippen molar-refractivity contribution < 1.29 is 4.79 Å². The lowest BCUT2D eigenvalue weighted by molar-refractivity contribution is -0.132. The van der Waals surface area contributed by atoms with Gasteiger partial charge in [0, 0.05) is 48.6 Å². The van der Waals surface area contributed by atoms with Gasteiger partial charge in [0.1, 0.15) is 0 Å². The predicted molar refractivity (Wildman–Crippen MR) is 148 cm³/mol. The minimum atomic E-state index is 0.141. The van der Waals surface area contributed by atoms with Crippen LogP contribution in [-0.4, -0.2) is 26.4 Å². The molecule has 2 aromatic heterocycles. The Bertz CT molecular complexity index is 1110. The van der Waals surface area contributed by atoms with Crippen LogP contribution in [0.15, 0.2) is 90.4 Å². The lowest BCUT2D eigenvalue weighted by Gasteiger charge is -2.27. The van der Waals surface area contributed by atoms with E-state index < -0.39 is 0 Å². The van der Waals surface area contributed by atoms with Gasteiger partial charge in [-0.05, 0) is 61.0 Å². The number of allylic oxidation sites excluding steroid dienone is 5. The van der Waals surface area contributed by atoms with Crippen LogP contribution in [-0.2, 0) is 24.3 Å². The molecule has 180 valence electrons. The minimum absolute atomic E-state index is 0.141. The van der Waals surface area contributed by atoms with E-state index in [2.05, 4.69) is 83.3 Å². The van der Waals surface area contributed by atoms with Crippen LogP contribution in [0.1, 0.15) is 45.2 Å². The number of halogens is 1. The Kier molecular flexibility index (Phi) is 11.5. The van der Waals surface area contributed by atoms with Gasteiger partial charge in [0.15, 0.2) is 0 Å². The average Bonchev–Trinajstić information content (AvgIpc) is 3.19. The van der Waals surface area contributed by atoms with Gasteiger partial charge in [-0.1, -0.05) is 71.9 Å². The van der Waals surface area contributed by atoms with E-state index in [0.717, 1.165) is 29.5 Å². The molecule has 0 N–H and O–H groups in total. The second-order valence-electron chi connectivity index (χ2n) is 8.24. The number of carbonyl (C=O) groups is 1. The summed E-state index contributed by atoms with van der Waals surface area (Å²) < 4.78 is 3.41. The second-order valence-corrected chi connectivity index (χ2v) is 9.26. The summed E-state index contributed by atoms with van der Waals surface area (Å²) in [6.07, 6.45) is 15.0. The van der Waals surface area contributed by atoms with E-state index in [1.165, 1.54) is 10.00 Å². The van der Waals surface area contributed by atoms with Gasteiger partial charge in [-0.2, -0.15) is 0 Å². The molecule has 0 saturated heterocycles. The minimum Gasteiger partial charge on any atom is -0.343 e. The number of carbonyl (C=O) groups excluding carboxylic acids is 1. The van der Waals surface area contributed by atoms with Gasteiger partial charge < -0.3 is 9.47 Å². The summed E-state index contributed by atoms with van der Waals surface area (Å²) in [5.74, 6) is 0.149. The Balaban J connectivity index is 0.000000509. The van der Waals surface area contributed by atoms with E-state index in [9.17, 15) is 4.79 Å². The third kappa shape index (κ3) is 8.14. The number of amides is 1. The molecule has 0 spiro atoms. The van der Waals surface area contributed by atoms with Gasteiger partial charge >= 0.3 is 0 Å². The highest BCUT2D eigenvalue weighted by molar-refractivity contribution is 9.11. The van der Waals surface area contributed by atoms with Crippen molar-refractivity contribution in [1.82, 2.24) is 14.5 Å². The first-order valence-electron chi connectivity index (χ1n) is 11.7. The van der Waals surface area contributed by atoms with Crippen LogP contribution in [0.3, 0.4) is 0 Å². The molecule has 2 heterocycles. The van der Waals surface area contributed by atoms with E-state index in [1.807, 2.05) is 42.2 Å². The van der Waals surface area contributed by atoms with Crippen LogP contribution in [0.2, 0.25) is 0 Å². The summed E-state index contributed by atoms with van der Waals surface area (Å²) in [5.41, 5.74) is 3.35. The number of pyridine rings is 1. The van der Waals surface area contributed by atoms with Crippen LogP contribution in [0.25, 0.3) is 10.9 Å². The van der Waals surface area contributed by atoms with Gasteiger partial charge in [0.05, 0.1) is 6.42 Å². The number of hydrogen-bond donors (Lipinski definition) is 0. The summed E-state index contributed by atoms with van der Waals surface area (Å²) in [6, 6.07) is 12.4. The third-order valence-corrected chi connectivity index (χ3v) is 6.26. The largest absolute Gasteiger partial charge is 0.343 e. The zero-order valence-electron chi connectivity index (χ0n) is 20.7. The van der Waals surface area contributed by atoms with Crippen LogP contribution in [0, 0.1) is 0 Å². The smallest absolute Gasteiger partial charge is 0.227 e. The maximum atomic E-state index is 13.1. The highest BCUT2D eigenvalue weighted by Crippen LogP contribution is 2.23. The molecule has 3 rings (SSSR count). The van der Waals surface area contributed by atoms with Crippen LogP contribution in [0.4, 0.5) is 0 Å². The molecular formula is C29H36BrN3O. The molecule has 0 fully saturated rings. The maximum Gasteiger partial charge on any atom is 0.227 e. The van der Waals surface area contributed by atoms with Crippen molar-refractivity contribution in [3.05, 3.63) is 101 Å². The van der Waals surface area contributed by atoms with Crippen LogP contribution < -0.4 is 0 Å². The highest BCUT2D eigenvalue weighted by Gasteiger charge is 2.20. The van der Waals surface area contributed by atoms with Crippen molar-refractivity contribution in [2.24, 2.45) is 0 Å². The molecule has 3 aromatic rings. The average molecular weight is 523 g/mol. The summed E-state index contributed by atoms with van der Waals surface area (Å²) in [7, 11) is 0. The van der Waals surface area contributed by atoms with Crippen molar-refractivity contribution >= 4 is 32.7 Å². The fraction of sp³-hybridized carbons (Fsp3) is 0.310. The Morgan fingerprint density at radius 3 is 2.50 bits per heavy atom. The number of aromatic nitrogens is 2. The van der Waals surface area contributed by atoms with Crippen LogP contribution in [0.5, 0.6) is 0 Å². The summed E-state index contributed by atoms with van der Waals surface area (Å²) in [5, 5.41) is 1.16. The van der Waals surface area contributed by atoms with Gasteiger partial charge in [0.25, 0.3) is 0 Å². The van der Waals surface area contributed by atoms with E-state index in [1.54, 1.807) is 18.5 Å². The van der Waals surface area contributed by atoms with E-state index in [4.69, 9.17) is 0 Å². The van der Waals surface area contributed by atoms with Crippen molar-refractivity contribution in [3.63, 3.8) is 0 Å². The van der Waals surface area contributed by atoms with Gasteiger partial charge in [0.2, 0.25) is 5.91 Å². The number of para-hydroxylation sites is 1. The molecule has 0 saturated carbocycles. The van der Waals surface area contributed by atoms with E-state index >= 15 is 0 Å². The first-order valence-corrected chi connectivity index (χ1v) is 12.5. The molecule has 0 aliphatic heterocycles. The van der Waals surface area contributed by atoms with Gasteiger partial charge in [-0.25, -0.2) is 0 Å². The van der Waals surface area contributed by atoms with Crippen LogP contribution >= 0.6 is 15.9 Å². The fourth-order valence-electron chi connectivity index (χ4n) is 3.59. The normalized spacial score (nSPS) is 11.5. The Labute approximate surface area is 212 Å². The number of rotatable bonds is 9. The molecule has 0 atom stereocenters. The predicted octanol–water partition coefficient (Wildman–Crippen LogP) is 7.45. The molecule has 34 heavy (non-hydrogen) atoms. The summed E-state index contributed by atoms with van der Waals surface area (Å²) in [4.78, 5) is 19.1. The molecule has 4 nitrogen and oxygen atoms in total. The molecule has 0 bridgehead atoms. The van der Waals surface area contributed by atoms with Crippen molar-refractivity contribution in [1.29, 1.82) is 0 Å². The quantitative estimate of drug-likeness (QED) is 0.216. The lowest BCUT2D eigenvalue weighted by atomic mass is 10.1. The number of benzene rings is 1. The molecule has 0 unspecified atom stereocenters. The third-order valence-electron chi connectivity index (χ3n) is 5.43. The standard InChI is InChI=1S/C23H27N3O.C6H9Br/c1-4-5-14-25-17-20(21-8-6-7-9-22(21)25)15-23(27)26(18(2)3)16-19-10-12-24-13-11-19;1-3-5-6(7)4-2/h4-13,17-18H,14-16H2,1-3H3;3,5H,1,4H2,2H3/b5-4+;6-5+. The van der Waals surface area contributed by atoms with E-state index in [0.29, 0.717) is 13.0 Å². The molecule has 1 aromatic carbocycles. The SMILES string of the molecule is C/C=C/Cn1cc(CC(=O)N(Cc2ccncc2)C(C)C)c2ccccc21.C=C/C=C(/Br)CC. The highest BCUT2D eigenvalue weighted by atomic mass is 79.9. The molecule has 5 heteroatoms. The number of hydrogen-bond acceptors (Lipinski definition) is 2. The zero-order chi connectivity index (χ0) is 24.9. The zero-order valence-corrected chi connectivity index (χ0v) is 22.3. The first-order chi connectivity index (χ1) is 16.4. The monoisotopic (exact) mass is 521 g/mol. The maximum absolute atomic E-state index is 13.1. The number of nitrogens with zero attached hydrogens (tertiary/aromatic N) is 3. The lowest BCUT2D eigenvalue weighted by Crippen LogP contribution is -2.37. The first kappa shape index (κ1) is 27.3. The molecule has 1 amide bonds. The van der Waals surface area contributed by atoms with Crippen molar-refractivity contribution in [3.8, 4) is 0 Å². The van der Waals surface area contributed by atoms with Crippen molar-refractivity contribution in [2.45, 2.75) is 59.7 Å². The summed E-state index contributed by atoms with van der Waals surface area (Å²) >= 11 is 3.33. The molecule has 0 aliphatic carbocycles. The second kappa shape index (κ2) is 14.4. The van der Waals surface area contributed by atoms with Crippen molar-refractivity contribution in [2.75, 3.05) is 0 Å². The Hall–Kier alpha value is -2.92. The molecule has 0 radical (unpaired) electrons. The summed E-state index contributed by atoms with van der Waals surface area (Å²) in [6.45, 7) is 13.2. The molecule has 0 aliphatic rings. The van der Waals surface area contributed by atoms with Gasteiger partial charge in [-0.15, -0.1) is 0 Å². The molecular weight excluding hydrogens is 486 g/mol. The Morgan fingerprint density at radius 2 is 1.91 bits per heavy atom. The topological polar surface area (TPSA) is 38.1 Å².